The molecule has 3 atom stereocenters. The van der Waals surface area contributed by atoms with Crippen molar-refractivity contribution in [2.75, 3.05) is 6.54 Å². The second-order valence-electron chi connectivity index (χ2n) is 9.17. The molecule has 0 N–H and O–H groups in total. The van der Waals surface area contributed by atoms with E-state index in [1.165, 1.54) is 43.4 Å². The predicted molar refractivity (Wildman–Crippen MR) is 110 cm³/mol. The average molecular weight is 348 g/mol. The molecule has 26 heavy (non-hydrogen) atoms. The molecule has 0 spiro atoms. The Kier molecular flexibility index (Phi) is 5.18. The predicted octanol–water partition coefficient (Wildman–Crippen LogP) is 6.15. The zero-order chi connectivity index (χ0) is 18.0. The highest BCUT2D eigenvalue weighted by Gasteiger charge is 2.53. The van der Waals surface area contributed by atoms with Crippen LogP contribution in [-0.4, -0.2) is 11.4 Å². The van der Waals surface area contributed by atoms with Crippen LogP contribution in [-0.2, 0) is 13.1 Å². The van der Waals surface area contributed by atoms with E-state index in [9.17, 15) is 0 Å². The minimum absolute atomic E-state index is 0.604. The lowest BCUT2D eigenvalue weighted by Gasteiger charge is -2.60. The van der Waals surface area contributed by atoms with Gasteiger partial charge in [-0.1, -0.05) is 74.5 Å². The molecule has 3 aliphatic carbocycles. The Balaban J connectivity index is 1.41. The number of hydrogen-bond donors (Lipinski definition) is 0. The van der Waals surface area contributed by atoms with Crippen LogP contribution in [0.25, 0.3) is 0 Å². The van der Waals surface area contributed by atoms with Crippen LogP contribution in [0, 0.1) is 23.2 Å². The van der Waals surface area contributed by atoms with Gasteiger partial charge in [-0.2, -0.15) is 0 Å². The molecule has 1 nitrogen and oxygen atoms in total. The van der Waals surface area contributed by atoms with E-state index < -0.39 is 0 Å². The fraction of sp³-hybridized carbons (Fsp3) is 0.520. The van der Waals surface area contributed by atoms with Crippen molar-refractivity contribution in [3.63, 3.8) is 0 Å². The molecule has 0 aromatic heterocycles. The molecule has 3 saturated carbocycles. The lowest BCUT2D eigenvalue weighted by molar-refractivity contribution is -0.108. The number of hydrogen-bond acceptors (Lipinski definition) is 1. The maximum absolute atomic E-state index is 2.66. The number of nitrogens with zero attached hydrogens (tertiary/aromatic N) is 1. The van der Waals surface area contributed by atoms with Crippen LogP contribution in [0.5, 0.6) is 0 Å². The first kappa shape index (κ1) is 17.8. The maximum Gasteiger partial charge on any atom is 0.0237 e. The van der Waals surface area contributed by atoms with Gasteiger partial charge >= 0.3 is 0 Å². The van der Waals surface area contributed by atoms with Gasteiger partial charge < -0.3 is 0 Å². The summed E-state index contributed by atoms with van der Waals surface area (Å²) in [6.45, 7) is 8.36. The van der Waals surface area contributed by atoms with Gasteiger partial charge in [-0.15, -0.1) is 0 Å². The summed E-state index contributed by atoms with van der Waals surface area (Å²) in [5.41, 5.74) is 3.46. The van der Waals surface area contributed by atoms with Crippen LogP contribution in [0.4, 0.5) is 0 Å². The van der Waals surface area contributed by atoms with E-state index in [1.807, 2.05) is 0 Å². The first-order chi connectivity index (χ1) is 12.6. The van der Waals surface area contributed by atoms with E-state index in [4.69, 9.17) is 0 Å². The first-order valence-corrected chi connectivity index (χ1v) is 10.4. The summed E-state index contributed by atoms with van der Waals surface area (Å²) in [5, 5.41) is 0. The Hall–Kier alpha value is -1.60. The molecule has 0 heterocycles. The Morgan fingerprint density at radius 2 is 1.42 bits per heavy atom. The van der Waals surface area contributed by atoms with E-state index >= 15 is 0 Å². The minimum atomic E-state index is 0.604. The van der Waals surface area contributed by atoms with E-state index in [0.717, 1.165) is 30.8 Å². The molecule has 2 aromatic carbocycles. The fourth-order valence-electron chi connectivity index (χ4n) is 5.55. The summed E-state index contributed by atoms with van der Waals surface area (Å²) in [6, 6.07) is 21.9. The molecule has 0 aliphatic heterocycles. The molecule has 0 amide bonds. The van der Waals surface area contributed by atoms with Gasteiger partial charge in [0.1, 0.15) is 0 Å². The smallest absolute Gasteiger partial charge is 0.0237 e. The zero-order valence-electron chi connectivity index (χ0n) is 16.4. The van der Waals surface area contributed by atoms with Crippen LogP contribution in [0.1, 0.15) is 50.7 Å². The average Bonchev–Trinajstić information content (AvgIpc) is 2.68. The lowest BCUT2D eigenvalue weighted by atomic mass is 9.45. The summed E-state index contributed by atoms with van der Waals surface area (Å²) in [7, 11) is 0. The summed E-state index contributed by atoms with van der Waals surface area (Å²) in [4.78, 5) is 2.66. The van der Waals surface area contributed by atoms with Crippen LogP contribution < -0.4 is 0 Å². The van der Waals surface area contributed by atoms with Gasteiger partial charge in [-0.05, 0) is 66.5 Å². The third kappa shape index (κ3) is 3.74. The summed E-state index contributed by atoms with van der Waals surface area (Å²) < 4.78 is 0. The molecule has 2 bridgehead atoms. The van der Waals surface area contributed by atoms with Gasteiger partial charge in [0.2, 0.25) is 0 Å². The summed E-state index contributed by atoms with van der Waals surface area (Å²) >= 11 is 0. The molecule has 3 fully saturated rings. The molecule has 138 valence electrons. The second kappa shape index (κ2) is 7.56. The second-order valence-corrected chi connectivity index (χ2v) is 9.17. The van der Waals surface area contributed by atoms with Crippen molar-refractivity contribution in [3.05, 3.63) is 71.8 Å². The van der Waals surface area contributed by atoms with E-state index in [2.05, 4.69) is 79.4 Å². The van der Waals surface area contributed by atoms with Gasteiger partial charge in [0.05, 0.1) is 0 Å². The maximum atomic E-state index is 2.66. The lowest BCUT2D eigenvalue weighted by Crippen LogP contribution is -2.52. The van der Waals surface area contributed by atoms with Crippen molar-refractivity contribution >= 4 is 0 Å². The molecule has 2 aromatic rings. The fourth-order valence-corrected chi connectivity index (χ4v) is 5.55. The third-order valence-electron chi connectivity index (χ3n) is 7.32. The number of fused-ring (bicyclic) bond motifs is 2. The number of benzene rings is 2. The summed E-state index contributed by atoms with van der Waals surface area (Å²) in [5.74, 6) is 2.91. The highest BCUT2D eigenvalue weighted by atomic mass is 15.1. The Morgan fingerprint density at radius 3 is 1.92 bits per heavy atom. The Bertz CT molecular complexity index is 647. The van der Waals surface area contributed by atoms with Gasteiger partial charge in [-0.25, -0.2) is 0 Å². The van der Waals surface area contributed by atoms with Crippen molar-refractivity contribution in [3.8, 4) is 0 Å². The van der Waals surface area contributed by atoms with Crippen molar-refractivity contribution in [2.45, 2.75) is 52.6 Å². The van der Waals surface area contributed by atoms with Crippen LogP contribution in [0.2, 0.25) is 0 Å². The third-order valence-corrected chi connectivity index (χ3v) is 7.32. The molecule has 1 heteroatoms. The van der Waals surface area contributed by atoms with E-state index in [-0.39, 0.29) is 0 Å². The molecular weight excluding hydrogens is 314 g/mol. The van der Waals surface area contributed by atoms with Crippen molar-refractivity contribution in [2.24, 2.45) is 23.2 Å². The van der Waals surface area contributed by atoms with Crippen molar-refractivity contribution in [1.82, 2.24) is 4.90 Å². The normalized spacial score (nSPS) is 26.5. The van der Waals surface area contributed by atoms with Crippen molar-refractivity contribution < 1.29 is 0 Å². The van der Waals surface area contributed by atoms with E-state index in [1.54, 1.807) is 0 Å². The van der Waals surface area contributed by atoms with Gasteiger partial charge in [0, 0.05) is 13.1 Å². The first-order valence-electron chi connectivity index (χ1n) is 10.4. The molecule has 0 unspecified atom stereocenters. The SMILES string of the molecule is CC1(C)[C@H]2CC[C@H](CCN(Cc3ccccc3)Cc3ccccc3)[C@@H]1C2. The Morgan fingerprint density at radius 1 is 0.846 bits per heavy atom. The largest absolute Gasteiger partial charge is 0.295 e. The molecule has 5 rings (SSSR count). The monoisotopic (exact) mass is 347 g/mol. The topological polar surface area (TPSA) is 3.24 Å². The highest BCUT2D eigenvalue weighted by Crippen LogP contribution is 2.61. The quantitative estimate of drug-likeness (QED) is 0.580. The molecular formula is C25H33N. The molecule has 3 aliphatic rings. The summed E-state index contributed by atoms with van der Waals surface area (Å²) in [6.07, 6.45) is 5.78. The van der Waals surface area contributed by atoms with Crippen LogP contribution >= 0.6 is 0 Å². The van der Waals surface area contributed by atoms with Crippen LogP contribution in [0.15, 0.2) is 60.7 Å². The standard InChI is InChI=1S/C25H33N/c1-25(2)23-14-13-22(24(25)17-23)15-16-26(18-20-9-5-3-6-10-20)19-21-11-7-4-8-12-21/h3-12,22-24H,13-19H2,1-2H3/t22-,23+,24+/m1/s1. The van der Waals surface area contributed by atoms with Gasteiger partial charge in [0.15, 0.2) is 0 Å². The Labute approximate surface area is 159 Å². The molecule has 0 saturated heterocycles. The number of rotatable bonds is 7. The zero-order valence-corrected chi connectivity index (χ0v) is 16.4. The van der Waals surface area contributed by atoms with Crippen LogP contribution in [0.3, 0.4) is 0 Å². The minimum Gasteiger partial charge on any atom is -0.295 e. The highest BCUT2D eigenvalue weighted by molar-refractivity contribution is 5.17. The van der Waals surface area contributed by atoms with E-state index in [0.29, 0.717) is 5.41 Å². The molecule has 0 radical (unpaired) electrons. The van der Waals surface area contributed by atoms with Crippen molar-refractivity contribution in [1.29, 1.82) is 0 Å². The van der Waals surface area contributed by atoms with Gasteiger partial charge in [0.25, 0.3) is 0 Å². The van der Waals surface area contributed by atoms with Gasteiger partial charge in [-0.3, -0.25) is 4.90 Å².